The van der Waals surface area contributed by atoms with Crippen LogP contribution in [0.3, 0.4) is 0 Å². The molecule has 0 atom stereocenters. The molecule has 0 radical (unpaired) electrons. The lowest BCUT2D eigenvalue weighted by atomic mass is 10.2. The predicted molar refractivity (Wildman–Crippen MR) is 83.5 cm³/mol. The highest BCUT2D eigenvalue weighted by atomic mass is 35.5. The van der Waals surface area contributed by atoms with Gasteiger partial charge in [0.1, 0.15) is 5.69 Å². The van der Waals surface area contributed by atoms with Gasteiger partial charge in [-0.05, 0) is 18.9 Å². The number of hydrogen-bond donors (Lipinski definition) is 1. The second-order valence-corrected chi connectivity index (χ2v) is 5.09. The highest BCUT2D eigenvalue weighted by molar-refractivity contribution is 6.42. The van der Waals surface area contributed by atoms with E-state index in [0.717, 1.165) is 12.8 Å². The quantitative estimate of drug-likeness (QED) is 0.400. The van der Waals surface area contributed by atoms with E-state index in [4.69, 9.17) is 32.7 Å². The Kier molecular flexibility index (Phi) is 8.37. The summed E-state index contributed by atoms with van der Waals surface area (Å²) in [5.74, 6) is 0. The molecule has 0 spiro atoms. The normalized spacial score (nSPS) is 10.6. The number of nitro benzene ring substituents is 1. The molecule has 0 saturated carbocycles. The lowest BCUT2D eigenvalue weighted by Gasteiger charge is -2.08. The van der Waals surface area contributed by atoms with Gasteiger partial charge in [0.25, 0.3) is 5.69 Å². The van der Waals surface area contributed by atoms with Gasteiger partial charge in [-0.15, -0.1) is 0 Å². The Hall–Kier alpha value is -1.08. The zero-order valence-corrected chi connectivity index (χ0v) is 13.2. The summed E-state index contributed by atoms with van der Waals surface area (Å²) in [6.07, 6.45) is 1.68. The number of halogens is 2. The molecule has 118 valence electrons. The molecule has 0 heterocycles. The summed E-state index contributed by atoms with van der Waals surface area (Å²) in [5.41, 5.74) is 0.287. The van der Waals surface area contributed by atoms with Crippen LogP contribution in [-0.4, -0.2) is 38.4 Å². The van der Waals surface area contributed by atoms with Crippen LogP contribution in [-0.2, 0) is 9.47 Å². The van der Waals surface area contributed by atoms with Crippen LogP contribution in [0.25, 0.3) is 0 Å². The molecule has 1 aromatic carbocycles. The van der Waals surface area contributed by atoms with E-state index < -0.39 is 4.92 Å². The van der Waals surface area contributed by atoms with Crippen molar-refractivity contribution in [2.45, 2.75) is 12.8 Å². The highest BCUT2D eigenvalue weighted by Crippen LogP contribution is 2.33. The van der Waals surface area contributed by atoms with Crippen LogP contribution >= 0.6 is 23.2 Å². The fraction of sp³-hybridized carbons (Fsp3) is 0.538. The molecule has 0 aliphatic carbocycles. The summed E-state index contributed by atoms with van der Waals surface area (Å²) in [6.45, 7) is 2.37. The van der Waals surface area contributed by atoms with Gasteiger partial charge in [-0.25, -0.2) is 0 Å². The number of unbranched alkanes of at least 4 members (excludes halogenated alkanes) is 1. The van der Waals surface area contributed by atoms with Crippen molar-refractivity contribution in [1.82, 2.24) is 0 Å². The second-order valence-electron chi connectivity index (χ2n) is 4.28. The van der Waals surface area contributed by atoms with Gasteiger partial charge < -0.3 is 14.8 Å². The molecule has 0 unspecified atom stereocenters. The molecule has 0 aliphatic rings. The number of rotatable bonds is 10. The molecule has 0 fully saturated rings. The molecule has 0 amide bonds. The minimum Gasteiger partial charge on any atom is -0.382 e. The van der Waals surface area contributed by atoms with Crippen molar-refractivity contribution in [2.24, 2.45) is 0 Å². The first kappa shape index (κ1) is 18.0. The Balaban J connectivity index is 2.38. The van der Waals surface area contributed by atoms with Crippen molar-refractivity contribution in [3.8, 4) is 0 Å². The van der Waals surface area contributed by atoms with Gasteiger partial charge in [-0.1, -0.05) is 23.2 Å². The number of nitro groups is 1. The van der Waals surface area contributed by atoms with E-state index in [2.05, 4.69) is 5.32 Å². The molecule has 6 nitrogen and oxygen atoms in total. The van der Waals surface area contributed by atoms with Gasteiger partial charge in [-0.2, -0.15) is 0 Å². The summed E-state index contributed by atoms with van der Waals surface area (Å²) < 4.78 is 10.2. The van der Waals surface area contributed by atoms with E-state index >= 15 is 0 Å². The van der Waals surface area contributed by atoms with Gasteiger partial charge in [-0.3, -0.25) is 10.1 Å². The number of anilines is 1. The van der Waals surface area contributed by atoms with Crippen molar-refractivity contribution in [2.75, 3.05) is 38.8 Å². The molecule has 0 aromatic heterocycles. The number of hydrogen-bond acceptors (Lipinski definition) is 5. The zero-order chi connectivity index (χ0) is 15.7. The van der Waals surface area contributed by atoms with Crippen LogP contribution in [0.2, 0.25) is 10.0 Å². The minimum absolute atomic E-state index is 0.0826. The number of ether oxygens (including phenoxy) is 2. The van der Waals surface area contributed by atoms with Crippen molar-refractivity contribution >= 4 is 34.6 Å². The maximum absolute atomic E-state index is 11.0. The fourth-order valence-electron chi connectivity index (χ4n) is 1.63. The van der Waals surface area contributed by atoms with Gasteiger partial charge >= 0.3 is 0 Å². The average Bonchev–Trinajstić information content (AvgIpc) is 2.44. The maximum Gasteiger partial charge on any atom is 0.293 e. The number of nitrogens with zero attached hydrogens (tertiary/aromatic N) is 1. The summed E-state index contributed by atoms with van der Waals surface area (Å²) in [4.78, 5) is 10.5. The standard InChI is InChI=1S/C13H18Cl2N2O4/c1-20-6-7-21-5-3-2-4-16-12-8-10(14)11(15)9-13(12)17(18)19/h8-9,16H,2-7H2,1H3. The van der Waals surface area contributed by atoms with E-state index in [1.807, 2.05) is 0 Å². The first-order chi connectivity index (χ1) is 10.1. The number of benzene rings is 1. The molecule has 0 bridgehead atoms. The van der Waals surface area contributed by atoms with E-state index in [9.17, 15) is 10.1 Å². The van der Waals surface area contributed by atoms with Gasteiger partial charge in [0.05, 0.1) is 28.2 Å². The molecule has 1 rings (SSSR count). The summed E-state index contributed by atoms with van der Waals surface area (Å²) >= 11 is 11.7. The van der Waals surface area contributed by atoms with Crippen LogP contribution in [0.1, 0.15) is 12.8 Å². The molecule has 21 heavy (non-hydrogen) atoms. The first-order valence-electron chi connectivity index (χ1n) is 6.50. The van der Waals surface area contributed by atoms with E-state index in [1.165, 1.54) is 12.1 Å². The molecule has 0 aliphatic heterocycles. The van der Waals surface area contributed by atoms with E-state index in [0.29, 0.717) is 32.1 Å². The molecule has 0 saturated heterocycles. The van der Waals surface area contributed by atoms with Crippen LogP contribution in [0.15, 0.2) is 12.1 Å². The predicted octanol–water partition coefficient (Wildman–Crippen LogP) is 3.76. The fourth-order valence-corrected chi connectivity index (χ4v) is 1.95. The van der Waals surface area contributed by atoms with Gasteiger partial charge in [0.2, 0.25) is 0 Å². The first-order valence-corrected chi connectivity index (χ1v) is 7.26. The average molecular weight is 337 g/mol. The van der Waals surface area contributed by atoms with E-state index in [-0.39, 0.29) is 15.7 Å². The minimum atomic E-state index is -0.488. The van der Waals surface area contributed by atoms with Crippen molar-refractivity contribution in [1.29, 1.82) is 0 Å². The summed E-state index contributed by atoms with van der Waals surface area (Å²) in [7, 11) is 1.62. The van der Waals surface area contributed by atoms with Gasteiger partial charge in [0.15, 0.2) is 0 Å². The smallest absolute Gasteiger partial charge is 0.293 e. The second kappa shape index (κ2) is 9.78. The lowest BCUT2D eigenvalue weighted by molar-refractivity contribution is -0.383. The Bertz CT molecular complexity index is 472. The Morgan fingerprint density at radius 1 is 1.19 bits per heavy atom. The van der Waals surface area contributed by atoms with E-state index in [1.54, 1.807) is 7.11 Å². The topological polar surface area (TPSA) is 73.6 Å². The Morgan fingerprint density at radius 3 is 2.57 bits per heavy atom. The maximum atomic E-state index is 11.0. The van der Waals surface area contributed by atoms with Crippen LogP contribution in [0.4, 0.5) is 11.4 Å². The third kappa shape index (κ3) is 6.48. The largest absolute Gasteiger partial charge is 0.382 e. The number of nitrogens with one attached hydrogen (secondary N) is 1. The number of methoxy groups -OCH3 is 1. The molecular weight excluding hydrogens is 319 g/mol. The SMILES string of the molecule is COCCOCCCCNc1cc(Cl)c(Cl)cc1[N+](=O)[O-]. The van der Waals surface area contributed by atoms with Crippen molar-refractivity contribution in [3.63, 3.8) is 0 Å². The van der Waals surface area contributed by atoms with Crippen molar-refractivity contribution < 1.29 is 14.4 Å². The third-order valence-corrected chi connectivity index (χ3v) is 3.42. The Labute approximate surface area is 133 Å². The van der Waals surface area contributed by atoms with Gasteiger partial charge in [0, 0.05) is 26.3 Å². The molecule has 1 N–H and O–H groups in total. The summed E-state index contributed by atoms with van der Waals surface area (Å²) in [6, 6.07) is 2.72. The zero-order valence-electron chi connectivity index (χ0n) is 11.7. The van der Waals surface area contributed by atoms with Crippen LogP contribution < -0.4 is 5.32 Å². The third-order valence-electron chi connectivity index (χ3n) is 2.70. The monoisotopic (exact) mass is 336 g/mol. The molecular formula is C13H18Cl2N2O4. The molecule has 1 aromatic rings. The van der Waals surface area contributed by atoms with Crippen LogP contribution in [0.5, 0.6) is 0 Å². The molecule has 8 heteroatoms. The van der Waals surface area contributed by atoms with Crippen molar-refractivity contribution in [3.05, 3.63) is 32.3 Å². The summed E-state index contributed by atoms with van der Waals surface area (Å²) in [5, 5.41) is 14.4. The highest BCUT2D eigenvalue weighted by Gasteiger charge is 2.16. The van der Waals surface area contributed by atoms with Crippen LogP contribution in [0, 0.1) is 10.1 Å². The Morgan fingerprint density at radius 2 is 1.90 bits per heavy atom. The lowest BCUT2D eigenvalue weighted by Crippen LogP contribution is -2.07.